The minimum Gasteiger partial charge on any atom is -0.391 e. The molecule has 2 aromatic rings. The fraction of sp³-hybridized carbons (Fsp3) is 0.641. The van der Waals surface area contributed by atoms with E-state index in [0.29, 0.717) is 72.2 Å². The van der Waals surface area contributed by atoms with Crippen LogP contribution in [0.2, 0.25) is 0 Å². The molecule has 55 heavy (non-hydrogen) atoms. The number of thiazole rings is 1. The molecule has 1 saturated heterocycles. The number of nitrogens with one attached hydrogen (secondary N) is 3. The Balaban J connectivity index is 1.28. The molecule has 1 aliphatic rings. The van der Waals surface area contributed by atoms with Gasteiger partial charge in [0.15, 0.2) is 0 Å². The number of carbonyl (C=O) groups excluding carboxylic acids is 4. The molecule has 0 aliphatic carbocycles. The molecule has 4 N–H and O–H groups in total. The second-order valence-corrected chi connectivity index (χ2v) is 15.1. The number of likely N-dealkylation sites (tertiary alicyclic amines) is 1. The van der Waals surface area contributed by atoms with Gasteiger partial charge < -0.3 is 49.6 Å². The third kappa shape index (κ3) is 17.0. The summed E-state index contributed by atoms with van der Waals surface area (Å²) in [5, 5.41) is 19.0. The maximum Gasteiger partial charge on any atom is 0.246 e. The van der Waals surface area contributed by atoms with E-state index in [4.69, 9.17) is 23.7 Å². The van der Waals surface area contributed by atoms with Crippen molar-refractivity contribution in [2.75, 3.05) is 79.2 Å². The Hall–Kier alpha value is -3.51. The minimum absolute atomic E-state index is 0.000914. The molecule has 15 nitrogen and oxygen atoms in total. The molecule has 1 fully saturated rings. The lowest BCUT2D eigenvalue weighted by Gasteiger charge is -2.35. The van der Waals surface area contributed by atoms with E-state index in [2.05, 4.69) is 27.9 Å². The highest BCUT2D eigenvalue weighted by atomic mass is 32.1. The fourth-order valence-electron chi connectivity index (χ4n) is 5.64. The number of β-amino-alcohol motifs (C(OH)–C–C–N with tert-alkyl or cyclic N) is 1. The summed E-state index contributed by atoms with van der Waals surface area (Å²) in [6.07, 6.45) is 0.262. The van der Waals surface area contributed by atoms with E-state index in [0.717, 1.165) is 21.7 Å². The smallest absolute Gasteiger partial charge is 0.246 e. The number of nitrogens with zero attached hydrogens (tertiary/aromatic N) is 2. The average Bonchev–Trinajstić information content (AvgIpc) is 3.77. The number of aromatic nitrogens is 1. The van der Waals surface area contributed by atoms with Gasteiger partial charge in [-0.25, -0.2) is 4.98 Å². The Labute approximate surface area is 329 Å². The Morgan fingerprint density at radius 1 is 0.873 bits per heavy atom. The van der Waals surface area contributed by atoms with E-state index in [1.807, 2.05) is 57.5 Å². The molecule has 3 atom stereocenters. The zero-order valence-corrected chi connectivity index (χ0v) is 33.6. The normalized spacial score (nSPS) is 16.2. The Morgan fingerprint density at radius 2 is 1.42 bits per heavy atom. The molecule has 16 heteroatoms. The second kappa shape index (κ2) is 24.9. The van der Waals surface area contributed by atoms with Crippen LogP contribution in [0.1, 0.15) is 57.7 Å². The van der Waals surface area contributed by atoms with E-state index in [1.165, 1.54) is 4.90 Å². The molecule has 0 unspecified atom stereocenters. The van der Waals surface area contributed by atoms with Crippen LogP contribution >= 0.6 is 11.3 Å². The van der Waals surface area contributed by atoms with Crippen molar-refractivity contribution < 1.29 is 48.0 Å². The summed E-state index contributed by atoms with van der Waals surface area (Å²) in [4.78, 5) is 58.3. The molecule has 1 aromatic heterocycles. The van der Waals surface area contributed by atoms with E-state index in [-0.39, 0.29) is 56.9 Å². The molecule has 307 valence electrons. The first-order chi connectivity index (χ1) is 26.4. The quantitative estimate of drug-likeness (QED) is 0.103. The first-order valence-corrected chi connectivity index (χ1v) is 19.8. The first-order valence-electron chi connectivity index (χ1n) is 18.9. The predicted molar refractivity (Wildman–Crippen MR) is 208 cm³/mol. The number of hydrogen-bond donors (Lipinski definition) is 4. The van der Waals surface area contributed by atoms with Crippen LogP contribution in [0.15, 0.2) is 29.8 Å². The molecule has 0 bridgehead atoms. The van der Waals surface area contributed by atoms with E-state index < -0.39 is 29.5 Å². The summed E-state index contributed by atoms with van der Waals surface area (Å²) in [5.41, 5.74) is 4.07. The van der Waals surface area contributed by atoms with Crippen molar-refractivity contribution in [1.82, 2.24) is 25.8 Å². The van der Waals surface area contributed by atoms with Crippen molar-refractivity contribution in [3.63, 3.8) is 0 Å². The van der Waals surface area contributed by atoms with Gasteiger partial charge in [-0.3, -0.25) is 19.2 Å². The van der Waals surface area contributed by atoms with Gasteiger partial charge in [-0.15, -0.1) is 11.3 Å². The minimum atomic E-state index is -0.918. The monoisotopic (exact) mass is 790 g/mol. The van der Waals surface area contributed by atoms with Crippen LogP contribution in [0.5, 0.6) is 0 Å². The topological polar surface area (TPSA) is 187 Å². The number of rotatable bonds is 26. The van der Waals surface area contributed by atoms with Gasteiger partial charge in [0.05, 0.1) is 88.3 Å². The van der Waals surface area contributed by atoms with Crippen LogP contribution in [0.25, 0.3) is 10.4 Å². The van der Waals surface area contributed by atoms with Gasteiger partial charge in [0.2, 0.25) is 23.6 Å². The van der Waals surface area contributed by atoms with Gasteiger partial charge in [0.1, 0.15) is 12.1 Å². The predicted octanol–water partition coefficient (Wildman–Crippen LogP) is 2.43. The number of amides is 4. The average molecular weight is 791 g/mol. The fourth-order valence-corrected chi connectivity index (χ4v) is 6.45. The third-order valence-corrected chi connectivity index (χ3v) is 9.62. The van der Waals surface area contributed by atoms with Crippen molar-refractivity contribution in [3.8, 4) is 10.4 Å². The van der Waals surface area contributed by atoms with Gasteiger partial charge in [0, 0.05) is 38.9 Å². The Morgan fingerprint density at radius 3 is 1.93 bits per heavy atom. The van der Waals surface area contributed by atoms with Crippen molar-refractivity contribution in [3.05, 3.63) is 48.0 Å². The molecule has 1 radical (unpaired) electrons. The molecule has 0 saturated carbocycles. The zero-order valence-electron chi connectivity index (χ0n) is 32.8. The van der Waals surface area contributed by atoms with Gasteiger partial charge in [0.25, 0.3) is 0 Å². The first kappa shape index (κ1) is 45.9. The lowest BCUT2D eigenvalue weighted by molar-refractivity contribution is -0.144. The van der Waals surface area contributed by atoms with Gasteiger partial charge in [-0.2, -0.15) is 0 Å². The molecule has 3 rings (SSSR count). The maximum atomic E-state index is 13.8. The van der Waals surface area contributed by atoms with Crippen molar-refractivity contribution in [2.24, 2.45) is 5.41 Å². The molecule has 4 amide bonds. The molecule has 1 aliphatic heterocycles. The maximum absolute atomic E-state index is 13.8. The number of aliphatic hydroxyl groups is 1. The van der Waals surface area contributed by atoms with Crippen LogP contribution in [0.4, 0.5) is 0 Å². The molecule has 2 heterocycles. The van der Waals surface area contributed by atoms with Crippen LogP contribution in [-0.2, 0) is 49.4 Å². The van der Waals surface area contributed by atoms with Crippen LogP contribution in [0, 0.1) is 19.3 Å². The van der Waals surface area contributed by atoms with Crippen molar-refractivity contribution >= 4 is 35.0 Å². The van der Waals surface area contributed by atoms with Gasteiger partial charge in [-0.05, 0) is 29.9 Å². The summed E-state index contributed by atoms with van der Waals surface area (Å²) in [6, 6.07) is 6.09. The number of aryl methyl sites for hydroxylation is 1. The zero-order chi connectivity index (χ0) is 40.1. The summed E-state index contributed by atoms with van der Waals surface area (Å²) in [7, 11) is 0. The highest BCUT2D eigenvalue weighted by molar-refractivity contribution is 7.13. The SMILES string of the molecule is [CH2]CCNC(=O)CCOCCOCCOCCOCCOCCC(=O)N[C@@H](C(=O)N1C[C@H](O)C[C@H]1C(=O)NCc1ccc(-c2scnc2C)cc1)C(C)(C)C. The summed E-state index contributed by atoms with van der Waals surface area (Å²) in [5.74, 6) is -1.19. The summed E-state index contributed by atoms with van der Waals surface area (Å²) in [6.45, 7) is 15.5. The molecular weight excluding hydrogens is 731 g/mol. The number of ether oxygens (including phenoxy) is 5. The summed E-state index contributed by atoms with van der Waals surface area (Å²) < 4.78 is 27.3. The van der Waals surface area contributed by atoms with E-state index >= 15 is 0 Å². The van der Waals surface area contributed by atoms with Gasteiger partial charge >= 0.3 is 0 Å². The van der Waals surface area contributed by atoms with Crippen molar-refractivity contribution in [1.29, 1.82) is 0 Å². The number of hydrogen-bond acceptors (Lipinski definition) is 12. The number of carbonyl (C=O) groups is 4. The highest BCUT2D eigenvalue weighted by Crippen LogP contribution is 2.28. The molecule has 0 spiro atoms. The molecule has 1 aromatic carbocycles. The van der Waals surface area contributed by atoms with Gasteiger partial charge in [-0.1, -0.05) is 52.0 Å². The summed E-state index contributed by atoms with van der Waals surface area (Å²) >= 11 is 1.57. The van der Waals surface area contributed by atoms with E-state index in [9.17, 15) is 24.3 Å². The van der Waals surface area contributed by atoms with Crippen LogP contribution in [-0.4, -0.2) is 136 Å². The number of aliphatic hydroxyl groups excluding tert-OH is 1. The lowest BCUT2D eigenvalue weighted by Crippen LogP contribution is -2.57. The largest absolute Gasteiger partial charge is 0.391 e. The standard InChI is InChI=1S/C39H60N5O10S/c1-6-13-40-33(46)11-14-50-16-18-52-20-22-54-23-21-53-19-17-51-15-12-34(47)43-36(39(3,4)5)38(49)44-26-31(45)24-32(44)37(48)41-25-29-7-9-30(10-8-29)35-28(2)42-27-55-35/h7-10,27,31-32,36,45H,1,6,11-26H2,2-5H3,(H,40,46)(H,41,48)(H,43,47)/t31-,32+,36+/m1/s1. The second-order valence-electron chi connectivity index (χ2n) is 14.2. The Bertz CT molecular complexity index is 1450. The van der Waals surface area contributed by atoms with Crippen molar-refractivity contribution in [2.45, 2.75) is 78.1 Å². The lowest BCUT2D eigenvalue weighted by atomic mass is 9.85. The van der Waals surface area contributed by atoms with Crippen LogP contribution in [0.3, 0.4) is 0 Å². The third-order valence-electron chi connectivity index (χ3n) is 8.65. The molecular formula is C39H60N5O10S. The van der Waals surface area contributed by atoms with E-state index in [1.54, 1.807) is 11.3 Å². The van der Waals surface area contributed by atoms with Crippen LogP contribution < -0.4 is 16.0 Å². The number of benzene rings is 1. The Kier molecular flexibility index (Phi) is 20.8. The highest BCUT2D eigenvalue weighted by Gasteiger charge is 2.44.